The van der Waals surface area contributed by atoms with E-state index in [-0.39, 0.29) is 5.91 Å². The van der Waals surface area contributed by atoms with Crippen LogP contribution in [0.3, 0.4) is 0 Å². The largest absolute Gasteiger partial charge is 0.343 e. The molecule has 6 heteroatoms. The summed E-state index contributed by atoms with van der Waals surface area (Å²) >= 11 is 1.69. The summed E-state index contributed by atoms with van der Waals surface area (Å²) in [5.41, 5.74) is 5.09. The number of amides is 1. The second-order valence-corrected chi connectivity index (χ2v) is 6.86. The molecule has 0 fully saturated rings. The maximum absolute atomic E-state index is 11.3. The summed E-state index contributed by atoms with van der Waals surface area (Å²) in [6, 6.07) is 13.9. The molecule has 3 aromatic heterocycles. The average molecular weight is 362 g/mol. The summed E-state index contributed by atoms with van der Waals surface area (Å²) in [5.74, 6) is 0.699. The van der Waals surface area contributed by atoms with Gasteiger partial charge in [0, 0.05) is 53.6 Å². The lowest BCUT2D eigenvalue weighted by Crippen LogP contribution is -2.05. The molecule has 130 valence electrons. The zero-order chi connectivity index (χ0) is 18.1. The Hall–Kier alpha value is -3.12. The van der Waals surface area contributed by atoms with Crippen LogP contribution in [0.25, 0.3) is 22.2 Å². The van der Waals surface area contributed by atoms with Gasteiger partial charge in [-0.15, -0.1) is 0 Å². The maximum atomic E-state index is 11.3. The normalized spacial score (nSPS) is 10.8. The maximum Gasteiger partial charge on any atom is 0.221 e. The number of nitrogens with zero attached hydrogens (tertiary/aromatic N) is 2. The smallest absolute Gasteiger partial charge is 0.221 e. The second-order valence-electron chi connectivity index (χ2n) is 6.08. The van der Waals surface area contributed by atoms with Crippen molar-refractivity contribution in [3.05, 3.63) is 59.4 Å². The fraction of sp³-hybridized carbons (Fsp3) is 0.100. The van der Waals surface area contributed by atoms with Crippen LogP contribution in [0.5, 0.6) is 0 Å². The highest BCUT2D eigenvalue weighted by Gasteiger charge is 2.12. The predicted molar refractivity (Wildman–Crippen MR) is 108 cm³/mol. The molecule has 0 saturated carbocycles. The van der Waals surface area contributed by atoms with Gasteiger partial charge in [-0.25, -0.2) is 4.98 Å². The van der Waals surface area contributed by atoms with Crippen molar-refractivity contribution >= 4 is 45.3 Å². The van der Waals surface area contributed by atoms with E-state index in [1.165, 1.54) is 12.5 Å². The molecule has 5 nitrogen and oxygen atoms in total. The van der Waals surface area contributed by atoms with Crippen LogP contribution in [0.4, 0.5) is 17.2 Å². The molecule has 0 unspecified atom stereocenters. The third kappa shape index (κ3) is 3.07. The number of benzene rings is 1. The number of rotatable bonds is 4. The number of aromatic nitrogens is 2. The first-order valence-corrected chi connectivity index (χ1v) is 9.18. The molecule has 0 spiro atoms. The Bertz CT molecular complexity index is 1080. The van der Waals surface area contributed by atoms with Gasteiger partial charge in [-0.1, -0.05) is 6.07 Å². The average Bonchev–Trinajstić information content (AvgIpc) is 3.24. The van der Waals surface area contributed by atoms with E-state index in [4.69, 9.17) is 0 Å². The topological polar surface area (TPSA) is 59.0 Å². The Morgan fingerprint density at radius 2 is 2.00 bits per heavy atom. The van der Waals surface area contributed by atoms with E-state index in [1.54, 1.807) is 17.5 Å². The van der Waals surface area contributed by atoms with Gasteiger partial charge in [-0.2, -0.15) is 11.3 Å². The van der Waals surface area contributed by atoms with Crippen molar-refractivity contribution in [2.24, 2.45) is 7.05 Å². The van der Waals surface area contributed by atoms with E-state index in [0.717, 1.165) is 33.8 Å². The van der Waals surface area contributed by atoms with Crippen molar-refractivity contribution in [3.8, 4) is 11.3 Å². The minimum Gasteiger partial charge on any atom is -0.343 e. The summed E-state index contributed by atoms with van der Waals surface area (Å²) < 4.78 is 2.18. The monoisotopic (exact) mass is 362 g/mol. The van der Waals surface area contributed by atoms with Gasteiger partial charge in [-0.05, 0) is 41.8 Å². The predicted octanol–water partition coefficient (Wildman–Crippen LogP) is 5.00. The molecular weight excluding hydrogens is 344 g/mol. The van der Waals surface area contributed by atoms with Gasteiger partial charge in [0.2, 0.25) is 5.91 Å². The standard InChI is InChI=1S/C20H18N4OS/c1-13(25)22-15-4-3-5-16(10-15)23-20-17-11-19(14-7-9-26-12-14)24(2)18(17)6-8-21-20/h3-12H,1-2H3,(H,21,23)(H,22,25). The molecule has 4 rings (SSSR count). The quantitative estimate of drug-likeness (QED) is 0.537. The first-order chi connectivity index (χ1) is 12.6. The third-order valence-electron chi connectivity index (χ3n) is 4.23. The minimum absolute atomic E-state index is 0.0918. The summed E-state index contributed by atoms with van der Waals surface area (Å²) in [6.45, 7) is 1.50. The molecule has 0 atom stereocenters. The molecular formula is C20H18N4OS. The van der Waals surface area contributed by atoms with Crippen LogP contribution in [-0.2, 0) is 11.8 Å². The Morgan fingerprint density at radius 1 is 1.15 bits per heavy atom. The first-order valence-electron chi connectivity index (χ1n) is 8.23. The van der Waals surface area contributed by atoms with E-state index in [9.17, 15) is 4.79 Å². The highest BCUT2D eigenvalue weighted by atomic mass is 32.1. The Kier molecular flexibility index (Phi) is 4.18. The summed E-state index contributed by atoms with van der Waals surface area (Å²) in [7, 11) is 2.07. The molecule has 0 aliphatic carbocycles. The molecule has 26 heavy (non-hydrogen) atoms. The van der Waals surface area contributed by atoms with Crippen molar-refractivity contribution in [2.75, 3.05) is 10.6 Å². The van der Waals surface area contributed by atoms with Crippen LogP contribution < -0.4 is 10.6 Å². The fourth-order valence-corrected chi connectivity index (χ4v) is 3.71. The number of carbonyl (C=O) groups is 1. The number of pyridine rings is 1. The van der Waals surface area contributed by atoms with Gasteiger partial charge in [0.15, 0.2) is 0 Å². The first kappa shape index (κ1) is 16.4. The van der Waals surface area contributed by atoms with Crippen LogP contribution in [0, 0.1) is 0 Å². The molecule has 1 amide bonds. The number of thiophene rings is 1. The lowest BCUT2D eigenvalue weighted by Gasteiger charge is -2.09. The number of fused-ring (bicyclic) bond motifs is 1. The zero-order valence-electron chi connectivity index (χ0n) is 14.5. The molecule has 0 aliphatic rings. The van der Waals surface area contributed by atoms with E-state index >= 15 is 0 Å². The van der Waals surface area contributed by atoms with Crippen molar-refractivity contribution in [3.63, 3.8) is 0 Å². The van der Waals surface area contributed by atoms with Crippen LogP contribution in [0.15, 0.2) is 59.4 Å². The summed E-state index contributed by atoms with van der Waals surface area (Å²) in [6.07, 6.45) is 1.81. The van der Waals surface area contributed by atoms with Crippen LogP contribution in [-0.4, -0.2) is 15.5 Å². The number of anilines is 3. The van der Waals surface area contributed by atoms with Gasteiger partial charge >= 0.3 is 0 Å². The van der Waals surface area contributed by atoms with Gasteiger partial charge in [-0.3, -0.25) is 4.79 Å². The lowest BCUT2D eigenvalue weighted by molar-refractivity contribution is -0.114. The van der Waals surface area contributed by atoms with E-state index in [2.05, 4.69) is 50.1 Å². The molecule has 2 N–H and O–H groups in total. The second kappa shape index (κ2) is 6.65. The van der Waals surface area contributed by atoms with Gasteiger partial charge < -0.3 is 15.2 Å². The minimum atomic E-state index is -0.0918. The number of nitrogens with one attached hydrogen (secondary N) is 2. The van der Waals surface area contributed by atoms with Crippen LogP contribution >= 0.6 is 11.3 Å². The molecule has 4 aromatic rings. The number of hydrogen-bond acceptors (Lipinski definition) is 4. The van der Waals surface area contributed by atoms with Crippen molar-refractivity contribution < 1.29 is 4.79 Å². The Balaban J connectivity index is 1.73. The molecule has 0 bridgehead atoms. The molecule has 3 heterocycles. The molecule has 0 saturated heterocycles. The van der Waals surface area contributed by atoms with Crippen LogP contribution in [0.2, 0.25) is 0 Å². The highest BCUT2D eigenvalue weighted by Crippen LogP contribution is 2.32. The lowest BCUT2D eigenvalue weighted by atomic mass is 10.2. The van der Waals surface area contributed by atoms with Crippen molar-refractivity contribution in [2.45, 2.75) is 6.92 Å². The third-order valence-corrected chi connectivity index (χ3v) is 4.92. The fourth-order valence-electron chi connectivity index (χ4n) is 3.06. The van der Waals surface area contributed by atoms with Crippen LogP contribution in [0.1, 0.15) is 6.92 Å². The Morgan fingerprint density at radius 3 is 2.77 bits per heavy atom. The van der Waals surface area contributed by atoms with E-state index in [1.807, 2.05) is 30.3 Å². The number of carbonyl (C=O) groups excluding carboxylic acids is 1. The zero-order valence-corrected chi connectivity index (χ0v) is 15.3. The SMILES string of the molecule is CC(=O)Nc1cccc(Nc2nccc3c2cc(-c2ccsc2)n3C)c1. The summed E-state index contributed by atoms with van der Waals surface area (Å²) in [5, 5.41) is 11.5. The number of aryl methyl sites for hydroxylation is 1. The van der Waals surface area contributed by atoms with Gasteiger partial charge in [0.05, 0.1) is 5.52 Å². The summed E-state index contributed by atoms with van der Waals surface area (Å²) in [4.78, 5) is 15.8. The Labute approximate surface area is 155 Å². The molecule has 0 radical (unpaired) electrons. The van der Waals surface area contributed by atoms with Gasteiger partial charge in [0.25, 0.3) is 0 Å². The highest BCUT2D eigenvalue weighted by molar-refractivity contribution is 7.08. The van der Waals surface area contributed by atoms with E-state index < -0.39 is 0 Å². The molecule has 0 aliphatic heterocycles. The van der Waals surface area contributed by atoms with Crippen molar-refractivity contribution in [1.82, 2.24) is 9.55 Å². The molecule has 1 aromatic carbocycles. The van der Waals surface area contributed by atoms with Crippen molar-refractivity contribution in [1.29, 1.82) is 0 Å². The number of hydrogen-bond donors (Lipinski definition) is 2. The van der Waals surface area contributed by atoms with E-state index in [0.29, 0.717) is 0 Å². The van der Waals surface area contributed by atoms with Gasteiger partial charge in [0.1, 0.15) is 5.82 Å².